The van der Waals surface area contributed by atoms with Gasteiger partial charge >= 0.3 is 0 Å². The van der Waals surface area contributed by atoms with Crippen LogP contribution in [0.2, 0.25) is 5.02 Å². The highest BCUT2D eigenvalue weighted by Gasteiger charge is 2.41. The second kappa shape index (κ2) is 11.5. The van der Waals surface area contributed by atoms with Gasteiger partial charge in [-0.05, 0) is 55.3 Å². The van der Waals surface area contributed by atoms with Gasteiger partial charge in [-0.15, -0.1) is 0 Å². The number of carbonyl (C=O) groups is 3. The maximum Gasteiger partial charge on any atom is 0.251 e. The number of aliphatic hydroxyl groups is 1. The number of nitrogens with zero attached hydrogens (tertiary/aromatic N) is 2. The van der Waals surface area contributed by atoms with E-state index in [-0.39, 0.29) is 50.0 Å². The topological polar surface area (TPSA) is 145 Å². The summed E-state index contributed by atoms with van der Waals surface area (Å²) in [4.78, 5) is 41.5. The first-order valence-corrected chi connectivity index (χ1v) is 14.2. The zero-order valence-corrected chi connectivity index (χ0v) is 22.7. The van der Waals surface area contributed by atoms with Crippen LogP contribution in [-0.2, 0) is 29.1 Å². The highest BCUT2D eigenvalue weighted by atomic mass is 35.5. The normalized spacial score (nSPS) is 21.9. The minimum atomic E-state index is -4.00. The van der Waals surface area contributed by atoms with Crippen LogP contribution in [0.5, 0.6) is 0 Å². The third-order valence-corrected chi connectivity index (χ3v) is 8.39. The number of sulfonamides is 1. The van der Waals surface area contributed by atoms with E-state index < -0.39 is 46.1 Å². The molecule has 2 unspecified atom stereocenters. The summed E-state index contributed by atoms with van der Waals surface area (Å²) in [6.07, 6.45) is -1.38. The van der Waals surface area contributed by atoms with Crippen molar-refractivity contribution in [3.63, 3.8) is 0 Å². The molecule has 2 saturated heterocycles. The Bertz CT molecular complexity index is 1340. The molecule has 2 fully saturated rings. The molecule has 2 aromatic carbocycles. The number of benzene rings is 2. The van der Waals surface area contributed by atoms with E-state index in [4.69, 9.17) is 16.3 Å². The number of carbonyl (C=O) groups excluding carboxylic acids is 3. The predicted octanol–water partition coefficient (Wildman–Crippen LogP) is 0.485. The molecule has 0 spiro atoms. The number of nitrogens with one attached hydrogen (secondary N) is 2. The summed E-state index contributed by atoms with van der Waals surface area (Å²) in [5.41, 5.74) is 0. The Balaban J connectivity index is 1.38. The Hall–Kier alpha value is -2.77. The van der Waals surface area contributed by atoms with Crippen molar-refractivity contribution in [2.45, 2.75) is 49.5 Å². The Kier molecular flexibility index (Phi) is 8.58. The fourth-order valence-electron chi connectivity index (χ4n) is 4.58. The molecule has 2 heterocycles. The van der Waals surface area contributed by atoms with Gasteiger partial charge in [-0.1, -0.05) is 23.7 Å². The number of fused-ring (bicyclic) bond motifs is 1. The summed E-state index contributed by atoms with van der Waals surface area (Å²) < 4.78 is 34.1. The summed E-state index contributed by atoms with van der Waals surface area (Å²) in [7, 11) is -4.00. The van der Waals surface area contributed by atoms with Crippen LogP contribution in [0.25, 0.3) is 10.8 Å². The number of rotatable bonds is 8. The second-order valence-electron chi connectivity index (χ2n) is 9.56. The maximum absolute atomic E-state index is 13.2. The van der Waals surface area contributed by atoms with Crippen LogP contribution in [-0.4, -0.2) is 98.1 Å². The molecule has 2 aliphatic rings. The number of ether oxygens (including phenoxy) is 1. The van der Waals surface area contributed by atoms with Crippen LogP contribution in [0.4, 0.5) is 0 Å². The van der Waals surface area contributed by atoms with E-state index in [1.165, 1.54) is 28.9 Å². The minimum absolute atomic E-state index is 0.0140. The number of amides is 3. The predicted molar refractivity (Wildman–Crippen MR) is 140 cm³/mol. The summed E-state index contributed by atoms with van der Waals surface area (Å²) in [6.45, 7) is 3.82. The van der Waals surface area contributed by atoms with Crippen LogP contribution in [0.3, 0.4) is 0 Å². The van der Waals surface area contributed by atoms with E-state index in [9.17, 15) is 27.9 Å². The summed E-state index contributed by atoms with van der Waals surface area (Å²) >= 11 is 6.00. The lowest BCUT2D eigenvalue weighted by Crippen LogP contribution is -2.56. The Morgan fingerprint density at radius 2 is 1.87 bits per heavy atom. The summed E-state index contributed by atoms with van der Waals surface area (Å²) in [6, 6.07) is 7.90. The Morgan fingerprint density at radius 3 is 2.61 bits per heavy atom. The Morgan fingerprint density at radius 1 is 1.16 bits per heavy atom. The first kappa shape index (κ1) is 28.2. The molecule has 2 aliphatic heterocycles. The summed E-state index contributed by atoms with van der Waals surface area (Å²) in [5.74, 6) is -1.27. The Labute approximate surface area is 226 Å². The lowest BCUT2D eigenvalue weighted by atomic mass is 10.1. The van der Waals surface area contributed by atoms with Crippen molar-refractivity contribution in [3.05, 3.63) is 41.4 Å². The van der Waals surface area contributed by atoms with Crippen molar-refractivity contribution >= 4 is 50.1 Å². The van der Waals surface area contributed by atoms with Crippen molar-refractivity contribution in [2.24, 2.45) is 0 Å². The zero-order valence-electron chi connectivity index (χ0n) is 21.1. The number of hydrogen-bond acceptors (Lipinski definition) is 7. The van der Waals surface area contributed by atoms with E-state index in [1.807, 2.05) is 0 Å². The fraction of sp³-hybridized carbons (Fsp3) is 0.480. The average molecular weight is 567 g/mol. The number of hydrogen-bond donors (Lipinski definition) is 3. The summed E-state index contributed by atoms with van der Waals surface area (Å²) in [5, 5.41) is 14.0. The number of halogens is 1. The molecule has 3 amide bonds. The minimum Gasteiger partial charge on any atom is -0.392 e. The van der Waals surface area contributed by atoms with Crippen molar-refractivity contribution in [1.29, 1.82) is 0 Å². The van der Waals surface area contributed by atoms with Gasteiger partial charge in [0.1, 0.15) is 12.1 Å². The molecule has 4 atom stereocenters. The van der Waals surface area contributed by atoms with Crippen LogP contribution in [0.1, 0.15) is 20.3 Å². The third-order valence-electron chi connectivity index (χ3n) is 6.69. The molecule has 4 rings (SSSR count). The first-order valence-electron chi connectivity index (χ1n) is 12.3. The molecule has 2 aromatic rings. The highest BCUT2D eigenvalue weighted by Crippen LogP contribution is 2.24. The molecule has 38 heavy (non-hydrogen) atoms. The van der Waals surface area contributed by atoms with Crippen molar-refractivity contribution in [1.82, 2.24) is 19.8 Å². The number of aliphatic hydroxyl groups excluding tert-OH is 1. The lowest BCUT2D eigenvalue weighted by molar-refractivity contribution is -0.153. The van der Waals surface area contributed by atoms with Crippen LogP contribution >= 0.6 is 11.6 Å². The second-order valence-corrected chi connectivity index (χ2v) is 11.7. The fourth-order valence-corrected chi connectivity index (χ4v) is 6.02. The largest absolute Gasteiger partial charge is 0.392 e. The van der Waals surface area contributed by atoms with Crippen molar-refractivity contribution in [3.8, 4) is 0 Å². The molecule has 0 aromatic heterocycles. The van der Waals surface area contributed by atoms with Crippen molar-refractivity contribution < 1.29 is 32.6 Å². The van der Waals surface area contributed by atoms with Crippen LogP contribution < -0.4 is 10.0 Å². The molecule has 11 nitrogen and oxygen atoms in total. The molecule has 3 N–H and O–H groups in total. The smallest absolute Gasteiger partial charge is 0.251 e. The molecule has 0 aliphatic carbocycles. The van der Waals surface area contributed by atoms with Crippen LogP contribution in [0.15, 0.2) is 41.3 Å². The van der Waals surface area contributed by atoms with Crippen molar-refractivity contribution in [2.75, 3.05) is 32.8 Å². The van der Waals surface area contributed by atoms with E-state index in [1.54, 1.807) is 31.2 Å². The zero-order chi connectivity index (χ0) is 27.6. The molecule has 0 bridgehead atoms. The van der Waals surface area contributed by atoms with E-state index in [2.05, 4.69) is 10.0 Å². The molecule has 0 radical (unpaired) electrons. The average Bonchev–Trinajstić information content (AvgIpc) is 3.24. The van der Waals surface area contributed by atoms with Crippen LogP contribution in [0, 0.1) is 0 Å². The van der Waals surface area contributed by atoms with E-state index >= 15 is 0 Å². The lowest BCUT2D eigenvalue weighted by Gasteiger charge is -2.35. The molecular weight excluding hydrogens is 536 g/mol. The quantitative estimate of drug-likeness (QED) is 0.421. The van der Waals surface area contributed by atoms with Gasteiger partial charge in [-0.2, -0.15) is 4.72 Å². The molecule has 206 valence electrons. The number of likely N-dealkylation sites (tertiary alicyclic amines) is 1. The molecule has 0 saturated carbocycles. The number of morpholine rings is 1. The SMILES string of the molecule is CC(O)CNC(=O)C1CN(C(=O)[C@H](C)N2CC[C@H](NS(=O)(=O)c3ccc4cc(Cl)ccc4c3)C2=O)CCO1. The van der Waals surface area contributed by atoms with Gasteiger partial charge in [-0.25, -0.2) is 8.42 Å². The van der Waals surface area contributed by atoms with Gasteiger partial charge in [0.05, 0.1) is 24.2 Å². The monoisotopic (exact) mass is 566 g/mol. The standard InChI is InChI=1S/C25H31ClN4O7S/c1-15(31)13-27-23(32)22-14-29(9-10-37-22)24(33)16(2)30-8-7-21(25(30)34)28-38(35,36)20-6-4-17-11-19(26)5-3-18(17)12-20/h3-6,11-12,15-16,21-22,28,31H,7-10,13-14H2,1-2H3,(H,27,32)/t15?,16-,21-,22?/m0/s1. The van der Waals surface area contributed by atoms with Gasteiger partial charge in [0, 0.05) is 24.7 Å². The molecule has 13 heteroatoms. The van der Waals surface area contributed by atoms with Gasteiger partial charge in [0.15, 0.2) is 6.10 Å². The molecular formula is C25H31ClN4O7S. The van der Waals surface area contributed by atoms with Gasteiger partial charge < -0.3 is 25.0 Å². The third kappa shape index (κ3) is 6.26. The maximum atomic E-state index is 13.2. The van der Waals surface area contributed by atoms with Gasteiger partial charge in [0.25, 0.3) is 5.91 Å². The van der Waals surface area contributed by atoms with Gasteiger partial charge in [0.2, 0.25) is 21.8 Å². The highest BCUT2D eigenvalue weighted by molar-refractivity contribution is 7.89. The van der Waals surface area contributed by atoms with Gasteiger partial charge in [-0.3, -0.25) is 14.4 Å². The van der Waals surface area contributed by atoms with E-state index in [0.29, 0.717) is 10.4 Å². The van der Waals surface area contributed by atoms with E-state index in [0.717, 1.165) is 5.39 Å². The first-order chi connectivity index (χ1) is 18.0.